The molecule has 0 bridgehead atoms. The molecule has 1 aromatic carbocycles. The van der Waals surface area contributed by atoms with Crippen LogP contribution in [0.2, 0.25) is 0 Å². The first-order valence-electron chi connectivity index (χ1n) is 7.87. The van der Waals surface area contributed by atoms with Crippen molar-refractivity contribution in [3.63, 3.8) is 0 Å². The molecule has 0 saturated heterocycles. The molecule has 1 rings (SSSR count). The van der Waals surface area contributed by atoms with Crippen molar-refractivity contribution in [2.24, 2.45) is 0 Å². The molecule has 1 amide bonds. The smallest absolute Gasteiger partial charge is 0.408 e. The number of amides is 1. The number of alkyl carbamates (subject to hydrolysis) is 1. The van der Waals surface area contributed by atoms with Crippen LogP contribution in [-0.4, -0.2) is 29.5 Å². The molecule has 6 nitrogen and oxygen atoms in total. The van der Waals surface area contributed by atoms with E-state index in [-0.39, 0.29) is 25.2 Å². The highest BCUT2D eigenvalue weighted by molar-refractivity contribution is 5.83. The molecular weight excluding hydrogens is 310 g/mol. The summed E-state index contributed by atoms with van der Waals surface area (Å²) in [7, 11) is 0. The van der Waals surface area contributed by atoms with Crippen LogP contribution in [0.15, 0.2) is 30.3 Å². The fraction of sp³-hybridized carbons (Fsp3) is 0.500. The Morgan fingerprint density at radius 2 is 1.75 bits per heavy atom. The second kappa shape index (κ2) is 9.05. The molecule has 1 aromatic rings. The van der Waals surface area contributed by atoms with Crippen molar-refractivity contribution < 1.29 is 23.9 Å². The number of carbonyl (C=O) groups is 3. The first-order chi connectivity index (χ1) is 11.2. The summed E-state index contributed by atoms with van der Waals surface area (Å²) in [4.78, 5) is 35.2. The molecule has 0 aliphatic carbocycles. The fourth-order valence-electron chi connectivity index (χ4n) is 1.88. The molecular formula is C18H25NO5. The Labute approximate surface area is 142 Å². The second-order valence-corrected chi connectivity index (χ2v) is 6.53. The van der Waals surface area contributed by atoms with Crippen LogP contribution >= 0.6 is 0 Å². The molecule has 0 fully saturated rings. The van der Waals surface area contributed by atoms with Crippen LogP contribution in [0.25, 0.3) is 0 Å². The van der Waals surface area contributed by atoms with Crippen LogP contribution in [0.3, 0.4) is 0 Å². The summed E-state index contributed by atoms with van der Waals surface area (Å²) >= 11 is 0. The predicted molar refractivity (Wildman–Crippen MR) is 89.3 cm³/mol. The lowest BCUT2D eigenvalue weighted by Crippen LogP contribution is -2.44. The second-order valence-electron chi connectivity index (χ2n) is 6.53. The number of Topliss-reactive ketones (excluding diaryl/α,β-unsaturated/α-hetero) is 1. The van der Waals surface area contributed by atoms with Gasteiger partial charge in [0.15, 0.2) is 0 Å². The van der Waals surface area contributed by atoms with E-state index in [1.54, 1.807) is 20.8 Å². The van der Waals surface area contributed by atoms with Gasteiger partial charge in [0, 0.05) is 6.42 Å². The zero-order chi connectivity index (χ0) is 18.2. The van der Waals surface area contributed by atoms with Crippen LogP contribution in [0.5, 0.6) is 0 Å². The van der Waals surface area contributed by atoms with Crippen LogP contribution in [0, 0.1) is 0 Å². The number of carbonyl (C=O) groups excluding carboxylic acids is 3. The maximum Gasteiger partial charge on any atom is 0.408 e. The first kappa shape index (κ1) is 19.7. The highest BCUT2D eigenvalue weighted by Crippen LogP contribution is 2.11. The maximum atomic E-state index is 12.2. The molecule has 6 heteroatoms. The van der Waals surface area contributed by atoms with E-state index in [9.17, 15) is 14.4 Å². The minimum absolute atomic E-state index is 0.0667. The molecule has 132 valence electrons. The van der Waals surface area contributed by atoms with Gasteiger partial charge >= 0.3 is 12.1 Å². The highest BCUT2D eigenvalue weighted by atomic mass is 16.6. The minimum atomic E-state index is -0.920. The van der Waals surface area contributed by atoms with E-state index in [2.05, 4.69) is 5.32 Å². The summed E-state index contributed by atoms with van der Waals surface area (Å²) in [6.07, 6.45) is -0.383. The van der Waals surface area contributed by atoms with Crippen molar-refractivity contribution in [2.75, 3.05) is 0 Å². The molecule has 0 aliphatic heterocycles. The molecule has 1 atom stereocenters. The SMILES string of the molecule is CC(=O)CCC(NC(=O)OCc1ccccc1)C(=O)OC(C)(C)C. The third-order valence-corrected chi connectivity index (χ3v) is 2.98. The van der Waals surface area contributed by atoms with Gasteiger partial charge in [0.25, 0.3) is 0 Å². The van der Waals surface area contributed by atoms with Crippen LogP contribution in [-0.2, 0) is 25.7 Å². The number of benzene rings is 1. The van der Waals surface area contributed by atoms with E-state index in [4.69, 9.17) is 9.47 Å². The van der Waals surface area contributed by atoms with Crippen molar-refractivity contribution in [3.05, 3.63) is 35.9 Å². The summed E-state index contributed by atoms with van der Waals surface area (Å²) in [5, 5.41) is 2.48. The van der Waals surface area contributed by atoms with E-state index in [0.717, 1.165) is 5.56 Å². The van der Waals surface area contributed by atoms with Gasteiger partial charge in [-0.05, 0) is 39.7 Å². The Hall–Kier alpha value is -2.37. The van der Waals surface area contributed by atoms with Crippen LogP contribution in [0.1, 0.15) is 46.1 Å². The fourth-order valence-corrected chi connectivity index (χ4v) is 1.88. The van der Waals surface area contributed by atoms with Crippen molar-refractivity contribution in [3.8, 4) is 0 Å². The summed E-state index contributed by atoms with van der Waals surface area (Å²) in [5.74, 6) is -0.650. The Morgan fingerprint density at radius 1 is 1.12 bits per heavy atom. The van der Waals surface area contributed by atoms with Gasteiger partial charge < -0.3 is 19.6 Å². The molecule has 1 unspecified atom stereocenters. The Kier molecular flexibility index (Phi) is 7.42. The number of ether oxygens (including phenoxy) is 2. The maximum absolute atomic E-state index is 12.2. The third kappa shape index (κ3) is 8.31. The lowest BCUT2D eigenvalue weighted by Gasteiger charge is -2.24. The van der Waals surface area contributed by atoms with Crippen LogP contribution in [0.4, 0.5) is 4.79 Å². The number of hydrogen-bond donors (Lipinski definition) is 1. The number of rotatable bonds is 7. The number of nitrogens with one attached hydrogen (secondary N) is 1. The zero-order valence-electron chi connectivity index (χ0n) is 14.6. The largest absolute Gasteiger partial charge is 0.458 e. The zero-order valence-corrected chi connectivity index (χ0v) is 14.6. The average Bonchev–Trinajstić information content (AvgIpc) is 2.48. The normalized spacial score (nSPS) is 12.2. The van der Waals surface area contributed by atoms with Gasteiger partial charge in [-0.2, -0.15) is 0 Å². The van der Waals surface area contributed by atoms with Gasteiger partial charge in [0.2, 0.25) is 0 Å². The first-order valence-corrected chi connectivity index (χ1v) is 7.87. The monoisotopic (exact) mass is 335 g/mol. The molecule has 0 heterocycles. The number of ketones is 1. The number of esters is 1. The Balaban J connectivity index is 2.60. The highest BCUT2D eigenvalue weighted by Gasteiger charge is 2.27. The third-order valence-electron chi connectivity index (χ3n) is 2.98. The summed E-state index contributed by atoms with van der Waals surface area (Å²) in [6, 6.07) is 8.28. The van der Waals surface area contributed by atoms with E-state index < -0.39 is 23.7 Å². The number of hydrogen-bond acceptors (Lipinski definition) is 5. The lowest BCUT2D eigenvalue weighted by molar-refractivity contribution is -0.157. The minimum Gasteiger partial charge on any atom is -0.458 e. The quantitative estimate of drug-likeness (QED) is 0.775. The Morgan fingerprint density at radius 3 is 2.29 bits per heavy atom. The van der Waals surface area contributed by atoms with Gasteiger partial charge in [-0.1, -0.05) is 30.3 Å². The van der Waals surface area contributed by atoms with Gasteiger partial charge in [-0.15, -0.1) is 0 Å². The average molecular weight is 335 g/mol. The summed E-state index contributed by atoms with van der Waals surface area (Å²) in [5.41, 5.74) is 0.159. The predicted octanol–water partition coefficient (Wildman–Crippen LogP) is 2.99. The summed E-state index contributed by atoms with van der Waals surface area (Å²) in [6.45, 7) is 6.74. The molecule has 1 N–H and O–H groups in total. The van der Waals surface area contributed by atoms with E-state index in [1.165, 1.54) is 6.92 Å². The van der Waals surface area contributed by atoms with Crippen molar-refractivity contribution in [2.45, 2.75) is 58.8 Å². The molecule has 0 aromatic heterocycles. The van der Waals surface area contributed by atoms with Crippen molar-refractivity contribution in [1.82, 2.24) is 5.32 Å². The molecule has 0 aliphatic rings. The molecule has 0 saturated carbocycles. The Bertz CT molecular complexity index is 563. The van der Waals surface area contributed by atoms with Crippen LogP contribution < -0.4 is 5.32 Å². The van der Waals surface area contributed by atoms with Gasteiger partial charge in [0.1, 0.15) is 24.0 Å². The van der Waals surface area contributed by atoms with Gasteiger partial charge in [-0.3, -0.25) is 0 Å². The topological polar surface area (TPSA) is 81.7 Å². The van der Waals surface area contributed by atoms with E-state index >= 15 is 0 Å². The summed E-state index contributed by atoms with van der Waals surface area (Å²) < 4.78 is 10.4. The van der Waals surface area contributed by atoms with E-state index in [0.29, 0.717) is 0 Å². The van der Waals surface area contributed by atoms with Crippen molar-refractivity contribution >= 4 is 17.8 Å². The van der Waals surface area contributed by atoms with Gasteiger partial charge in [0.05, 0.1) is 0 Å². The van der Waals surface area contributed by atoms with Crippen molar-refractivity contribution in [1.29, 1.82) is 0 Å². The standard InChI is InChI=1S/C18H25NO5/c1-13(20)10-11-15(16(21)24-18(2,3)4)19-17(22)23-12-14-8-6-5-7-9-14/h5-9,15H,10-12H2,1-4H3,(H,19,22). The molecule has 24 heavy (non-hydrogen) atoms. The molecule has 0 spiro atoms. The van der Waals surface area contributed by atoms with Gasteiger partial charge in [-0.25, -0.2) is 9.59 Å². The molecule has 0 radical (unpaired) electrons. The lowest BCUT2D eigenvalue weighted by atomic mass is 10.1. The van der Waals surface area contributed by atoms with E-state index in [1.807, 2.05) is 30.3 Å².